The Bertz CT molecular complexity index is 385. The lowest BCUT2D eigenvalue weighted by molar-refractivity contribution is 0.351. The predicted octanol–water partition coefficient (Wildman–Crippen LogP) is 3.42. The van der Waals surface area contributed by atoms with Crippen LogP contribution < -0.4 is 10.6 Å². The summed E-state index contributed by atoms with van der Waals surface area (Å²) in [7, 11) is 2.18. The number of nitrogens with two attached hydrogens (primary N) is 1. The smallest absolute Gasteiger partial charge is 0.0423 e. The minimum Gasteiger partial charge on any atom is -0.374 e. The van der Waals surface area contributed by atoms with Crippen molar-refractivity contribution in [3.8, 4) is 0 Å². The molecule has 18 heavy (non-hydrogen) atoms. The first kappa shape index (κ1) is 15.0. The van der Waals surface area contributed by atoms with E-state index >= 15 is 0 Å². The molecule has 0 radical (unpaired) electrons. The highest BCUT2D eigenvalue weighted by atomic mass is 15.1. The van der Waals surface area contributed by atoms with Crippen LogP contribution in [-0.2, 0) is 0 Å². The zero-order valence-corrected chi connectivity index (χ0v) is 12.8. The molecule has 1 rings (SSSR count). The highest BCUT2D eigenvalue weighted by Crippen LogP contribution is 2.27. The maximum absolute atomic E-state index is 5.79. The molecule has 0 saturated carbocycles. The van der Waals surface area contributed by atoms with Gasteiger partial charge in [0.25, 0.3) is 0 Å². The normalized spacial score (nSPS) is 11.7. The van der Waals surface area contributed by atoms with Crippen molar-refractivity contribution in [2.24, 2.45) is 11.1 Å². The molecule has 0 saturated heterocycles. The van der Waals surface area contributed by atoms with E-state index in [0.29, 0.717) is 0 Å². The van der Waals surface area contributed by atoms with Crippen molar-refractivity contribution in [2.45, 2.75) is 41.0 Å². The van der Waals surface area contributed by atoms with Crippen LogP contribution in [0.25, 0.3) is 0 Å². The van der Waals surface area contributed by atoms with Crippen molar-refractivity contribution in [2.75, 3.05) is 25.0 Å². The molecule has 0 aromatic heterocycles. The van der Waals surface area contributed by atoms with E-state index in [1.165, 1.54) is 22.4 Å². The fourth-order valence-electron chi connectivity index (χ4n) is 2.46. The van der Waals surface area contributed by atoms with Crippen LogP contribution in [0.3, 0.4) is 0 Å². The Morgan fingerprint density at radius 1 is 1.11 bits per heavy atom. The van der Waals surface area contributed by atoms with Crippen LogP contribution in [0.5, 0.6) is 0 Å². The van der Waals surface area contributed by atoms with Gasteiger partial charge >= 0.3 is 0 Å². The Labute approximate surface area is 112 Å². The van der Waals surface area contributed by atoms with Crippen LogP contribution in [0.1, 0.15) is 37.0 Å². The second-order valence-electron chi connectivity index (χ2n) is 6.29. The average Bonchev–Trinajstić information content (AvgIpc) is 2.25. The van der Waals surface area contributed by atoms with Gasteiger partial charge in [-0.1, -0.05) is 31.5 Å². The summed E-state index contributed by atoms with van der Waals surface area (Å²) in [6.45, 7) is 12.8. The van der Waals surface area contributed by atoms with Gasteiger partial charge in [0.05, 0.1) is 0 Å². The third-order valence-electron chi connectivity index (χ3n) is 3.69. The van der Waals surface area contributed by atoms with Gasteiger partial charge in [0, 0.05) is 19.3 Å². The lowest BCUT2D eigenvalue weighted by atomic mass is 9.89. The molecule has 0 fully saturated rings. The van der Waals surface area contributed by atoms with E-state index in [0.717, 1.165) is 19.5 Å². The number of benzene rings is 1. The van der Waals surface area contributed by atoms with Gasteiger partial charge < -0.3 is 10.6 Å². The summed E-state index contributed by atoms with van der Waals surface area (Å²) in [5, 5.41) is 0. The highest BCUT2D eigenvalue weighted by molar-refractivity contribution is 5.59. The fourth-order valence-corrected chi connectivity index (χ4v) is 2.46. The van der Waals surface area contributed by atoms with Crippen LogP contribution in [0, 0.1) is 26.2 Å². The number of hydrogen-bond acceptors (Lipinski definition) is 2. The van der Waals surface area contributed by atoms with Crippen molar-refractivity contribution in [3.63, 3.8) is 0 Å². The molecule has 0 unspecified atom stereocenters. The second-order valence-corrected chi connectivity index (χ2v) is 6.29. The largest absolute Gasteiger partial charge is 0.374 e. The number of anilines is 1. The molecule has 0 spiro atoms. The standard InChI is InChI=1S/C16H28N2/c1-12-9-13(2)15(14(3)10-12)18(6)8-7-16(4,5)11-17/h9-10H,7-8,11,17H2,1-6H3. The quantitative estimate of drug-likeness (QED) is 0.865. The molecule has 102 valence electrons. The van der Waals surface area contributed by atoms with Crippen LogP contribution in [-0.4, -0.2) is 20.1 Å². The molecular weight excluding hydrogens is 220 g/mol. The molecule has 0 amide bonds. The first-order valence-electron chi connectivity index (χ1n) is 6.76. The lowest BCUT2D eigenvalue weighted by Crippen LogP contribution is -2.30. The molecule has 2 nitrogen and oxygen atoms in total. The van der Waals surface area contributed by atoms with Crippen LogP contribution in [0.15, 0.2) is 12.1 Å². The first-order valence-corrected chi connectivity index (χ1v) is 6.76. The monoisotopic (exact) mass is 248 g/mol. The maximum Gasteiger partial charge on any atom is 0.0423 e. The number of hydrogen-bond donors (Lipinski definition) is 1. The summed E-state index contributed by atoms with van der Waals surface area (Å²) in [6, 6.07) is 4.51. The number of nitrogens with zero attached hydrogens (tertiary/aromatic N) is 1. The van der Waals surface area contributed by atoms with Gasteiger partial charge in [0.2, 0.25) is 0 Å². The van der Waals surface area contributed by atoms with E-state index in [1.54, 1.807) is 0 Å². The summed E-state index contributed by atoms with van der Waals surface area (Å²) in [5.41, 5.74) is 11.4. The average molecular weight is 248 g/mol. The molecular formula is C16H28N2. The van der Waals surface area contributed by atoms with Gasteiger partial charge in [-0.05, 0) is 50.3 Å². The van der Waals surface area contributed by atoms with Crippen LogP contribution in [0.4, 0.5) is 5.69 Å². The Morgan fingerprint density at radius 2 is 1.61 bits per heavy atom. The molecule has 2 heteroatoms. The molecule has 1 aromatic carbocycles. The summed E-state index contributed by atoms with van der Waals surface area (Å²) in [5.74, 6) is 0. The number of aryl methyl sites for hydroxylation is 3. The van der Waals surface area contributed by atoms with E-state index < -0.39 is 0 Å². The molecule has 0 bridgehead atoms. The third kappa shape index (κ3) is 3.74. The predicted molar refractivity (Wildman–Crippen MR) is 81.4 cm³/mol. The highest BCUT2D eigenvalue weighted by Gasteiger charge is 2.17. The zero-order valence-electron chi connectivity index (χ0n) is 12.8. The Hall–Kier alpha value is -1.02. The van der Waals surface area contributed by atoms with E-state index in [2.05, 4.69) is 58.7 Å². The van der Waals surface area contributed by atoms with Crippen LogP contribution >= 0.6 is 0 Å². The molecule has 0 aliphatic carbocycles. The summed E-state index contributed by atoms with van der Waals surface area (Å²) in [6.07, 6.45) is 1.12. The second kappa shape index (κ2) is 5.75. The lowest BCUT2D eigenvalue weighted by Gasteiger charge is -2.29. The van der Waals surface area contributed by atoms with Gasteiger partial charge in [-0.15, -0.1) is 0 Å². The van der Waals surface area contributed by atoms with Gasteiger partial charge in [0.1, 0.15) is 0 Å². The van der Waals surface area contributed by atoms with Gasteiger partial charge in [-0.3, -0.25) is 0 Å². The van der Waals surface area contributed by atoms with E-state index in [9.17, 15) is 0 Å². The summed E-state index contributed by atoms with van der Waals surface area (Å²) in [4.78, 5) is 2.36. The van der Waals surface area contributed by atoms with Gasteiger partial charge in [0.15, 0.2) is 0 Å². The van der Waals surface area contributed by atoms with E-state index in [4.69, 9.17) is 5.73 Å². The maximum atomic E-state index is 5.79. The van der Waals surface area contributed by atoms with Crippen molar-refractivity contribution in [1.82, 2.24) is 0 Å². The molecule has 0 aliphatic rings. The van der Waals surface area contributed by atoms with Crippen molar-refractivity contribution >= 4 is 5.69 Å². The van der Waals surface area contributed by atoms with Gasteiger partial charge in [-0.2, -0.15) is 0 Å². The molecule has 0 heterocycles. The van der Waals surface area contributed by atoms with E-state index in [-0.39, 0.29) is 5.41 Å². The molecule has 1 aromatic rings. The molecule has 2 N–H and O–H groups in total. The minimum absolute atomic E-state index is 0.223. The minimum atomic E-state index is 0.223. The third-order valence-corrected chi connectivity index (χ3v) is 3.69. The first-order chi connectivity index (χ1) is 8.26. The zero-order chi connectivity index (χ0) is 13.9. The van der Waals surface area contributed by atoms with Gasteiger partial charge in [-0.25, -0.2) is 0 Å². The fraction of sp³-hybridized carbons (Fsp3) is 0.625. The van der Waals surface area contributed by atoms with Crippen molar-refractivity contribution < 1.29 is 0 Å². The van der Waals surface area contributed by atoms with E-state index in [1.807, 2.05) is 0 Å². The topological polar surface area (TPSA) is 29.3 Å². The Kier molecular flexibility index (Phi) is 4.80. The van der Waals surface area contributed by atoms with Crippen LogP contribution in [0.2, 0.25) is 0 Å². The SMILES string of the molecule is Cc1cc(C)c(N(C)CCC(C)(C)CN)c(C)c1. The molecule has 0 atom stereocenters. The summed E-state index contributed by atoms with van der Waals surface area (Å²) < 4.78 is 0. The Balaban J connectivity index is 2.82. The van der Waals surface area contributed by atoms with Crippen molar-refractivity contribution in [3.05, 3.63) is 28.8 Å². The summed E-state index contributed by atoms with van der Waals surface area (Å²) >= 11 is 0. The molecule has 0 aliphatic heterocycles. The Morgan fingerprint density at radius 3 is 2.06 bits per heavy atom. The van der Waals surface area contributed by atoms with Crippen molar-refractivity contribution in [1.29, 1.82) is 0 Å². The number of rotatable bonds is 5.